The molecule has 0 aliphatic carbocycles. The van der Waals surface area contributed by atoms with E-state index in [4.69, 9.17) is 0 Å². The van der Waals surface area contributed by atoms with Crippen LogP contribution in [0.4, 0.5) is 4.39 Å². The zero-order chi connectivity index (χ0) is 17.2. The molecule has 23 heavy (non-hydrogen) atoms. The van der Waals surface area contributed by atoms with E-state index in [1.54, 1.807) is 6.92 Å². The summed E-state index contributed by atoms with van der Waals surface area (Å²) >= 11 is 0. The van der Waals surface area contributed by atoms with Gasteiger partial charge in [0.25, 0.3) is 0 Å². The molecule has 1 atom stereocenters. The van der Waals surface area contributed by atoms with Crippen LogP contribution in [0.15, 0.2) is 36.4 Å². The minimum absolute atomic E-state index is 0.113. The Hall–Kier alpha value is -1.72. The highest BCUT2D eigenvalue weighted by Crippen LogP contribution is 2.22. The van der Waals surface area contributed by atoms with Crippen molar-refractivity contribution < 1.29 is 17.9 Å². The largest absolute Gasteiger partial charge is 0.387 e. The fourth-order valence-corrected chi connectivity index (χ4v) is 4.16. The number of benzene rings is 2. The van der Waals surface area contributed by atoms with E-state index in [1.807, 2.05) is 32.0 Å². The van der Waals surface area contributed by atoms with Crippen molar-refractivity contribution in [2.75, 3.05) is 5.75 Å². The average molecular weight is 336 g/mol. The first-order valence-electron chi connectivity index (χ1n) is 7.38. The number of aliphatic hydroxyl groups excluding tert-OH is 1. The Labute approximate surface area is 136 Å². The van der Waals surface area contributed by atoms with Crippen molar-refractivity contribution in [1.82, 2.24) is 0 Å². The summed E-state index contributed by atoms with van der Waals surface area (Å²) in [5.41, 5.74) is 3.63. The molecule has 0 aliphatic heterocycles. The van der Waals surface area contributed by atoms with Crippen LogP contribution >= 0.6 is 0 Å². The minimum Gasteiger partial charge on any atom is -0.387 e. The lowest BCUT2D eigenvalue weighted by atomic mass is 10.0. The van der Waals surface area contributed by atoms with E-state index >= 15 is 0 Å². The monoisotopic (exact) mass is 336 g/mol. The molecule has 0 radical (unpaired) electrons. The van der Waals surface area contributed by atoms with Gasteiger partial charge < -0.3 is 5.11 Å². The molecule has 2 rings (SSSR count). The first-order valence-corrected chi connectivity index (χ1v) is 9.21. The van der Waals surface area contributed by atoms with Crippen molar-refractivity contribution in [2.24, 2.45) is 0 Å². The summed E-state index contributed by atoms with van der Waals surface area (Å²) in [6.45, 7) is 5.43. The smallest absolute Gasteiger partial charge is 0.157 e. The van der Waals surface area contributed by atoms with E-state index in [9.17, 15) is 17.9 Å². The van der Waals surface area contributed by atoms with Crippen LogP contribution in [0.3, 0.4) is 0 Å². The second kappa shape index (κ2) is 6.81. The van der Waals surface area contributed by atoms with Gasteiger partial charge in [0.1, 0.15) is 5.82 Å². The van der Waals surface area contributed by atoms with E-state index in [1.165, 1.54) is 18.2 Å². The molecule has 3 nitrogen and oxygen atoms in total. The predicted octanol–water partition coefficient (Wildman–Crippen LogP) is 3.40. The maximum Gasteiger partial charge on any atom is 0.157 e. The first kappa shape index (κ1) is 17.6. The second-order valence-electron chi connectivity index (χ2n) is 6.00. The summed E-state index contributed by atoms with van der Waals surface area (Å²) in [6, 6.07) is 9.62. The molecule has 5 heteroatoms. The number of aryl methyl sites for hydroxylation is 3. The quantitative estimate of drug-likeness (QED) is 0.910. The highest BCUT2D eigenvalue weighted by atomic mass is 32.2. The molecule has 0 bridgehead atoms. The lowest BCUT2D eigenvalue weighted by molar-refractivity contribution is 0.201. The number of halogens is 1. The Kier molecular flexibility index (Phi) is 5.22. The van der Waals surface area contributed by atoms with Crippen LogP contribution in [0, 0.1) is 26.6 Å². The molecule has 0 amide bonds. The Morgan fingerprint density at radius 2 is 1.74 bits per heavy atom. The van der Waals surface area contributed by atoms with Crippen LogP contribution in [0.2, 0.25) is 0 Å². The number of hydrogen-bond donors (Lipinski definition) is 1. The highest BCUT2D eigenvalue weighted by molar-refractivity contribution is 7.90. The standard InChI is InChI=1S/C18H21FO3S/c1-12-4-5-13(2)15(8-12)10-23(21,22)11-18(20)17-7-6-16(19)9-14(17)3/h4-9,18,20H,10-11H2,1-3H3. The Morgan fingerprint density at radius 1 is 1.04 bits per heavy atom. The summed E-state index contributed by atoms with van der Waals surface area (Å²) in [4.78, 5) is 0. The molecule has 0 saturated carbocycles. The molecule has 0 saturated heterocycles. The summed E-state index contributed by atoms with van der Waals surface area (Å²) in [7, 11) is -3.49. The van der Waals surface area contributed by atoms with Crippen molar-refractivity contribution in [3.8, 4) is 0 Å². The zero-order valence-corrected chi connectivity index (χ0v) is 14.3. The molecule has 0 spiro atoms. The highest BCUT2D eigenvalue weighted by Gasteiger charge is 2.21. The third-order valence-corrected chi connectivity index (χ3v) is 5.46. The molecule has 2 aromatic rings. The van der Waals surface area contributed by atoms with Gasteiger partial charge in [-0.15, -0.1) is 0 Å². The van der Waals surface area contributed by atoms with E-state index in [-0.39, 0.29) is 11.5 Å². The Bertz CT molecular complexity index is 813. The van der Waals surface area contributed by atoms with Gasteiger partial charge in [-0.3, -0.25) is 0 Å². The molecule has 0 fully saturated rings. The molecular weight excluding hydrogens is 315 g/mol. The minimum atomic E-state index is -3.49. The molecule has 1 unspecified atom stereocenters. The van der Waals surface area contributed by atoms with Gasteiger partial charge in [-0.05, 0) is 55.2 Å². The number of sulfone groups is 1. The van der Waals surface area contributed by atoms with Gasteiger partial charge in [0.2, 0.25) is 0 Å². The summed E-state index contributed by atoms with van der Waals surface area (Å²) in [5, 5.41) is 10.2. The van der Waals surface area contributed by atoms with E-state index in [0.717, 1.165) is 16.7 Å². The van der Waals surface area contributed by atoms with Crippen molar-refractivity contribution in [2.45, 2.75) is 32.6 Å². The average Bonchev–Trinajstić information content (AvgIpc) is 2.41. The Morgan fingerprint density at radius 3 is 2.39 bits per heavy atom. The van der Waals surface area contributed by atoms with Crippen LogP contribution in [-0.2, 0) is 15.6 Å². The molecule has 0 heterocycles. The van der Waals surface area contributed by atoms with Crippen LogP contribution in [0.25, 0.3) is 0 Å². The van der Waals surface area contributed by atoms with Gasteiger partial charge in [-0.25, -0.2) is 12.8 Å². The first-order chi connectivity index (χ1) is 10.7. The van der Waals surface area contributed by atoms with Crippen molar-refractivity contribution in [1.29, 1.82) is 0 Å². The number of hydrogen-bond acceptors (Lipinski definition) is 3. The Balaban J connectivity index is 2.19. The maximum absolute atomic E-state index is 13.1. The third-order valence-electron chi connectivity index (χ3n) is 3.88. The summed E-state index contributed by atoms with van der Waals surface area (Å²) in [6.07, 6.45) is -1.16. The van der Waals surface area contributed by atoms with Crippen LogP contribution < -0.4 is 0 Å². The zero-order valence-electron chi connectivity index (χ0n) is 13.5. The van der Waals surface area contributed by atoms with Crippen molar-refractivity contribution in [3.63, 3.8) is 0 Å². The van der Waals surface area contributed by atoms with Crippen LogP contribution in [0.1, 0.15) is 33.9 Å². The fourth-order valence-electron chi connectivity index (χ4n) is 2.59. The van der Waals surface area contributed by atoms with Gasteiger partial charge in [0, 0.05) is 0 Å². The van der Waals surface area contributed by atoms with Gasteiger partial charge in [-0.1, -0.05) is 29.8 Å². The molecule has 124 valence electrons. The van der Waals surface area contributed by atoms with E-state index < -0.39 is 21.8 Å². The lowest BCUT2D eigenvalue weighted by Crippen LogP contribution is -2.17. The number of rotatable bonds is 5. The topological polar surface area (TPSA) is 54.4 Å². The second-order valence-corrected chi connectivity index (χ2v) is 8.11. The molecule has 0 aromatic heterocycles. The van der Waals surface area contributed by atoms with Crippen LogP contribution in [0.5, 0.6) is 0 Å². The van der Waals surface area contributed by atoms with Gasteiger partial charge in [0.15, 0.2) is 9.84 Å². The van der Waals surface area contributed by atoms with Gasteiger partial charge in [-0.2, -0.15) is 0 Å². The number of aliphatic hydroxyl groups is 1. The molecule has 0 aliphatic rings. The molecular formula is C18H21FO3S. The summed E-state index contributed by atoms with van der Waals surface area (Å²) < 4.78 is 37.9. The predicted molar refractivity (Wildman–Crippen MR) is 89.5 cm³/mol. The van der Waals surface area contributed by atoms with E-state index in [0.29, 0.717) is 11.1 Å². The van der Waals surface area contributed by atoms with E-state index in [2.05, 4.69) is 0 Å². The normalized spacial score (nSPS) is 13.1. The molecule has 1 N–H and O–H groups in total. The van der Waals surface area contributed by atoms with Crippen molar-refractivity contribution >= 4 is 9.84 Å². The SMILES string of the molecule is Cc1ccc(C)c(CS(=O)(=O)CC(O)c2ccc(F)cc2C)c1. The van der Waals surface area contributed by atoms with Gasteiger partial charge in [0.05, 0.1) is 17.6 Å². The fraction of sp³-hybridized carbons (Fsp3) is 0.333. The maximum atomic E-state index is 13.1. The third kappa shape index (κ3) is 4.62. The van der Waals surface area contributed by atoms with Gasteiger partial charge >= 0.3 is 0 Å². The molecule has 2 aromatic carbocycles. The lowest BCUT2D eigenvalue weighted by Gasteiger charge is -2.15. The van der Waals surface area contributed by atoms with Crippen molar-refractivity contribution in [3.05, 3.63) is 70.0 Å². The summed E-state index contributed by atoms with van der Waals surface area (Å²) in [5.74, 6) is -0.901. The van der Waals surface area contributed by atoms with Crippen LogP contribution in [-0.4, -0.2) is 19.3 Å².